The molecule has 0 atom stereocenters. The molecule has 1 heterocycles. The van der Waals surface area contributed by atoms with Crippen molar-refractivity contribution in [3.8, 4) is 0 Å². The molecule has 3 N–H and O–H groups in total. The van der Waals surface area contributed by atoms with Crippen LogP contribution in [0.1, 0.15) is 18.4 Å². The average Bonchev–Trinajstić information content (AvgIpc) is 3.36. The fraction of sp³-hybridized carbons (Fsp3) is 0.111. The zero-order valence-corrected chi connectivity index (χ0v) is 19.0. The van der Waals surface area contributed by atoms with Crippen LogP contribution in [-0.2, 0) is 11.2 Å². The van der Waals surface area contributed by atoms with Crippen molar-refractivity contribution in [1.82, 2.24) is 0 Å². The topological polar surface area (TPSA) is 65.5 Å². The van der Waals surface area contributed by atoms with E-state index in [4.69, 9.17) is 0 Å². The third-order valence-electron chi connectivity index (χ3n) is 4.98. The number of amides is 1. The monoisotopic (exact) mass is 454 g/mol. The number of anilines is 4. The van der Waals surface area contributed by atoms with Gasteiger partial charge in [0.25, 0.3) is 0 Å². The molecule has 3 aromatic carbocycles. The van der Waals surface area contributed by atoms with Gasteiger partial charge >= 0.3 is 0 Å². The first-order chi connectivity index (χ1) is 16.2. The number of nitrogens with one attached hydrogen (secondary N) is 3. The number of aliphatic imine (C=N–C) groups is 1. The molecule has 0 fully saturated rings. The van der Waals surface area contributed by atoms with E-state index in [9.17, 15) is 4.79 Å². The van der Waals surface area contributed by atoms with Gasteiger partial charge in [-0.15, -0.1) is 11.3 Å². The highest BCUT2D eigenvalue weighted by Crippen LogP contribution is 2.20. The van der Waals surface area contributed by atoms with E-state index in [0.29, 0.717) is 6.42 Å². The van der Waals surface area contributed by atoms with Gasteiger partial charge in [-0.3, -0.25) is 4.79 Å². The molecule has 0 spiro atoms. The molecule has 0 saturated carbocycles. The lowest BCUT2D eigenvalue weighted by Gasteiger charge is -2.09. The van der Waals surface area contributed by atoms with Crippen LogP contribution in [0.25, 0.3) is 0 Å². The summed E-state index contributed by atoms with van der Waals surface area (Å²) in [6.07, 6.45) is 3.84. The fourth-order valence-corrected chi connectivity index (χ4v) is 3.85. The zero-order valence-electron chi connectivity index (χ0n) is 18.2. The Morgan fingerprint density at radius 3 is 2.21 bits per heavy atom. The minimum atomic E-state index is 0.0295. The van der Waals surface area contributed by atoms with Crippen molar-refractivity contribution in [3.63, 3.8) is 0 Å². The summed E-state index contributed by atoms with van der Waals surface area (Å²) in [6, 6.07) is 29.9. The summed E-state index contributed by atoms with van der Waals surface area (Å²) >= 11 is 1.60. The molecule has 0 radical (unpaired) electrons. The lowest BCUT2D eigenvalue weighted by atomic mass is 10.1. The molecular formula is C27H26N4OS. The second kappa shape index (κ2) is 11.6. The number of aryl methyl sites for hydroxylation is 1. The normalized spacial score (nSPS) is 10.8. The summed E-state index contributed by atoms with van der Waals surface area (Å²) in [5.41, 5.74) is 5.01. The lowest BCUT2D eigenvalue weighted by molar-refractivity contribution is -0.116. The maximum Gasteiger partial charge on any atom is 0.224 e. The van der Waals surface area contributed by atoms with Gasteiger partial charge in [0.15, 0.2) is 0 Å². The molecule has 0 unspecified atom stereocenters. The highest BCUT2D eigenvalue weighted by Gasteiger charge is 2.04. The quantitative estimate of drug-likeness (QED) is 0.175. The smallest absolute Gasteiger partial charge is 0.224 e. The second-order valence-corrected chi connectivity index (χ2v) is 8.45. The number of rotatable bonds is 10. The molecule has 0 saturated heterocycles. The van der Waals surface area contributed by atoms with Crippen LogP contribution < -0.4 is 16.0 Å². The van der Waals surface area contributed by atoms with Crippen LogP contribution in [0.15, 0.2) is 101 Å². The van der Waals surface area contributed by atoms with Crippen LogP contribution in [0.3, 0.4) is 0 Å². The first-order valence-corrected chi connectivity index (χ1v) is 11.8. The van der Waals surface area contributed by atoms with Gasteiger partial charge in [0.1, 0.15) is 5.00 Å². The average molecular weight is 455 g/mol. The first-order valence-electron chi connectivity index (χ1n) is 10.9. The summed E-state index contributed by atoms with van der Waals surface area (Å²) in [5.74, 6) is 0.0295. The molecule has 4 rings (SSSR count). The summed E-state index contributed by atoms with van der Waals surface area (Å²) in [4.78, 5) is 16.6. The molecule has 0 bridgehead atoms. The fourth-order valence-electron chi connectivity index (χ4n) is 3.28. The predicted octanol–water partition coefficient (Wildman–Crippen LogP) is 7.23. The Morgan fingerprint density at radius 1 is 0.788 bits per heavy atom. The van der Waals surface area contributed by atoms with Crippen LogP contribution in [-0.4, -0.2) is 12.2 Å². The minimum Gasteiger partial charge on any atom is -0.356 e. The summed E-state index contributed by atoms with van der Waals surface area (Å²) in [7, 11) is 0. The van der Waals surface area contributed by atoms with Crippen LogP contribution in [0.4, 0.5) is 27.8 Å². The highest BCUT2D eigenvalue weighted by molar-refractivity contribution is 7.13. The summed E-state index contributed by atoms with van der Waals surface area (Å²) < 4.78 is 0. The maximum atomic E-state index is 12.3. The van der Waals surface area contributed by atoms with Crippen LogP contribution in [0.2, 0.25) is 0 Å². The van der Waals surface area contributed by atoms with Gasteiger partial charge in [-0.1, -0.05) is 30.3 Å². The van der Waals surface area contributed by atoms with Crippen molar-refractivity contribution in [2.45, 2.75) is 19.3 Å². The van der Waals surface area contributed by atoms with Crippen LogP contribution in [0.5, 0.6) is 0 Å². The standard InChI is InChI=1S/C27H26N4OS/c32-26(31-25-17-15-24(16-18-25)30-23-7-2-1-3-8-23)9-4-6-21-11-13-22(14-12-21)28-20-29-27-10-5-19-33-27/h1-3,5,7-8,10-20,30H,4,6,9H2,(H,28,29)(H,31,32). The largest absolute Gasteiger partial charge is 0.356 e. The van der Waals surface area contributed by atoms with Gasteiger partial charge in [0.2, 0.25) is 5.91 Å². The van der Waals surface area contributed by atoms with Crippen molar-refractivity contribution in [3.05, 3.63) is 102 Å². The van der Waals surface area contributed by atoms with Gasteiger partial charge in [0, 0.05) is 29.2 Å². The van der Waals surface area contributed by atoms with Crippen molar-refractivity contribution >= 4 is 51.3 Å². The predicted molar refractivity (Wildman–Crippen MR) is 140 cm³/mol. The summed E-state index contributed by atoms with van der Waals surface area (Å²) in [5, 5.41) is 12.5. The molecule has 6 heteroatoms. The van der Waals surface area contributed by atoms with E-state index < -0.39 is 0 Å². The van der Waals surface area contributed by atoms with Gasteiger partial charge in [-0.05, 0) is 84.4 Å². The number of hydrogen-bond donors (Lipinski definition) is 3. The Kier molecular flexibility index (Phi) is 7.87. The van der Waals surface area contributed by atoms with Gasteiger partial charge in [0.05, 0.1) is 6.34 Å². The second-order valence-electron chi connectivity index (χ2n) is 7.52. The molecule has 1 amide bonds. The van der Waals surface area contributed by atoms with Crippen molar-refractivity contribution in [2.75, 3.05) is 16.0 Å². The molecule has 166 valence electrons. The molecule has 0 aliphatic rings. The van der Waals surface area contributed by atoms with Crippen LogP contribution in [0, 0.1) is 0 Å². The van der Waals surface area contributed by atoms with Gasteiger partial charge < -0.3 is 16.0 Å². The Bertz CT molecular complexity index is 1160. The number of carbonyl (C=O) groups excluding carboxylic acids is 1. The third-order valence-corrected chi connectivity index (χ3v) is 5.76. The maximum absolute atomic E-state index is 12.3. The minimum absolute atomic E-state index is 0.0295. The van der Waals surface area contributed by atoms with Crippen molar-refractivity contribution < 1.29 is 4.79 Å². The van der Waals surface area contributed by atoms with E-state index in [1.54, 1.807) is 17.7 Å². The van der Waals surface area contributed by atoms with E-state index in [0.717, 1.165) is 40.6 Å². The molecule has 33 heavy (non-hydrogen) atoms. The Morgan fingerprint density at radius 2 is 1.48 bits per heavy atom. The Hall–Kier alpha value is -3.90. The Labute approximate surface area is 198 Å². The number of nitrogens with zero attached hydrogens (tertiary/aromatic N) is 1. The molecule has 0 aliphatic heterocycles. The Balaban J connectivity index is 1.17. The molecule has 4 aromatic rings. The molecular weight excluding hydrogens is 428 g/mol. The van der Waals surface area contributed by atoms with E-state index in [-0.39, 0.29) is 5.91 Å². The van der Waals surface area contributed by atoms with Gasteiger partial charge in [-0.2, -0.15) is 0 Å². The molecule has 5 nitrogen and oxygen atoms in total. The number of benzene rings is 3. The third kappa shape index (κ3) is 7.33. The number of carbonyl (C=O) groups is 1. The highest BCUT2D eigenvalue weighted by atomic mass is 32.1. The number of hydrogen-bond acceptors (Lipinski definition) is 4. The lowest BCUT2D eigenvalue weighted by Crippen LogP contribution is -2.11. The SMILES string of the molecule is O=C(CCCc1ccc(NC=Nc2cccs2)cc1)Nc1ccc(Nc2ccccc2)cc1. The number of para-hydroxylation sites is 1. The summed E-state index contributed by atoms with van der Waals surface area (Å²) in [6.45, 7) is 0. The van der Waals surface area contributed by atoms with Crippen LogP contribution >= 0.6 is 11.3 Å². The van der Waals surface area contributed by atoms with E-state index in [1.807, 2.05) is 84.2 Å². The first kappa shape index (κ1) is 22.3. The van der Waals surface area contributed by atoms with Crippen molar-refractivity contribution in [2.24, 2.45) is 4.99 Å². The van der Waals surface area contributed by atoms with E-state index in [2.05, 4.69) is 33.1 Å². The molecule has 1 aromatic heterocycles. The van der Waals surface area contributed by atoms with Crippen molar-refractivity contribution in [1.29, 1.82) is 0 Å². The van der Waals surface area contributed by atoms with E-state index >= 15 is 0 Å². The van der Waals surface area contributed by atoms with Gasteiger partial charge in [-0.25, -0.2) is 4.99 Å². The zero-order chi connectivity index (χ0) is 22.7. The molecule has 0 aliphatic carbocycles. The van der Waals surface area contributed by atoms with E-state index in [1.165, 1.54) is 5.56 Å². The number of thiophene rings is 1.